The lowest BCUT2D eigenvalue weighted by Gasteiger charge is -1.90. The van der Waals surface area contributed by atoms with Crippen LogP contribution in [0.25, 0.3) is 0 Å². The molecule has 0 rings (SSSR count). The van der Waals surface area contributed by atoms with Gasteiger partial charge in [-0.3, -0.25) is 0 Å². The number of unbranched alkanes of at least 4 members (excludes halogenated alkanes) is 3. The maximum absolute atomic E-state index is 5.27. The van der Waals surface area contributed by atoms with E-state index in [1.807, 2.05) is 0 Å². The fourth-order valence-electron chi connectivity index (χ4n) is 0.571. The molecular weight excluding hydrogens is 122 g/mol. The third kappa shape index (κ3) is 9.54. The van der Waals surface area contributed by atoms with Gasteiger partial charge in [-0.1, -0.05) is 26.2 Å². The van der Waals surface area contributed by atoms with Gasteiger partial charge >= 0.3 is 0 Å². The van der Waals surface area contributed by atoms with Crippen molar-refractivity contribution in [3.63, 3.8) is 0 Å². The number of nitrogens with two attached hydrogens (primary N) is 1. The summed E-state index contributed by atoms with van der Waals surface area (Å²) in [4.78, 5) is 0. The normalized spacial score (nSPS) is 8.25. The standard InChI is InChI=1S/C6H15N.ClH/c1-2-3-4-5-6-7;/h2-7H2,1H3;1H. The fraction of sp³-hybridized carbons (Fsp3) is 1.00. The first-order valence-corrected chi connectivity index (χ1v) is 3.12. The van der Waals surface area contributed by atoms with E-state index in [0.717, 1.165) is 6.54 Å². The third-order valence-corrected chi connectivity index (χ3v) is 1.06. The molecule has 8 heavy (non-hydrogen) atoms. The summed E-state index contributed by atoms with van der Waals surface area (Å²) in [7, 11) is 0. The van der Waals surface area contributed by atoms with Gasteiger partial charge in [0.1, 0.15) is 0 Å². The second kappa shape index (κ2) is 10.3. The number of rotatable bonds is 4. The van der Waals surface area contributed by atoms with E-state index in [1.165, 1.54) is 25.7 Å². The highest BCUT2D eigenvalue weighted by Crippen LogP contribution is 1.95. The predicted molar refractivity (Wildman–Crippen MR) is 40.4 cm³/mol. The summed E-state index contributed by atoms with van der Waals surface area (Å²) >= 11 is 0. The summed E-state index contributed by atoms with van der Waals surface area (Å²) in [5.41, 5.74) is 5.27. The number of hydrogen-bond acceptors (Lipinski definition) is 1. The van der Waals surface area contributed by atoms with Gasteiger partial charge in [-0.25, -0.2) is 0 Å². The molecule has 0 aromatic rings. The topological polar surface area (TPSA) is 26.0 Å². The van der Waals surface area contributed by atoms with Gasteiger partial charge in [0, 0.05) is 0 Å². The summed E-state index contributed by atoms with van der Waals surface area (Å²) in [5.74, 6) is 0. The van der Waals surface area contributed by atoms with E-state index in [0.29, 0.717) is 0 Å². The Hall–Kier alpha value is 0.250. The minimum Gasteiger partial charge on any atom is -0.330 e. The highest BCUT2D eigenvalue weighted by molar-refractivity contribution is 5.85. The van der Waals surface area contributed by atoms with Crippen molar-refractivity contribution in [3.05, 3.63) is 0 Å². The Kier molecular flexibility index (Phi) is 14.3. The van der Waals surface area contributed by atoms with Crippen LogP contribution in [0.15, 0.2) is 0 Å². The Morgan fingerprint density at radius 3 is 2.12 bits per heavy atom. The Labute approximate surface area is 58.1 Å². The van der Waals surface area contributed by atoms with E-state index < -0.39 is 0 Å². The molecule has 0 saturated heterocycles. The summed E-state index contributed by atoms with van der Waals surface area (Å²) in [6.07, 6.45) is 5.16. The molecular formula is C6H16ClN. The Balaban J connectivity index is 0. The van der Waals surface area contributed by atoms with E-state index in [4.69, 9.17) is 5.73 Å². The number of halogens is 1. The van der Waals surface area contributed by atoms with Gasteiger partial charge in [-0.2, -0.15) is 0 Å². The molecule has 0 fully saturated rings. The molecule has 0 amide bonds. The quantitative estimate of drug-likeness (QED) is 0.589. The summed E-state index contributed by atoms with van der Waals surface area (Å²) < 4.78 is 0. The highest BCUT2D eigenvalue weighted by Gasteiger charge is 1.80. The molecule has 0 aliphatic heterocycles. The van der Waals surface area contributed by atoms with E-state index in [2.05, 4.69) is 6.92 Å². The van der Waals surface area contributed by atoms with Crippen molar-refractivity contribution in [2.24, 2.45) is 5.73 Å². The van der Waals surface area contributed by atoms with Crippen molar-refractivity contribution in [3.8, 4) is 0 Å². The smallest absolute Gasteiger partial charge is 0.00773 e. The molecule has 0 aliphatic rings. The maximum atomic E-state index is 5.27. The molecule has 0 spiro atoms. The highest BCUT2D eigenvalue weighted by atomic mass is 35.5. The van der Waals surface area contributed by atoms with Crippen LogP contribution < -0.4 is 5.73 Å². The molecule has 1 nitrogen and oxygen atoms in total. The maximum Gasteiger partial charge on any atom is -0.00773 e. The fourth-order valence-corrected chi connectivity index (χ4v) is 0.571. The zero-order valence-electron chi connectivity index (χ0n) is 5.52. The molecule has 0 radical (unpaired) electrons. The average Bonchev–Trinajstić information content (AvgIpc) is 1.69. The first-order chi connectivity index (χ1) is 3.41. The van der Waals surface area contributed by atoms with Crippen LogP contribution in [0, 0.1) is 0 Å². The molecule has 0 saturated carbocycles. The second-order valence-corrected chi connectivity index (χ2v) is 1.85. The summed E-state index contributed by atoms with van der Waals surface area (Å²) in [6.45, 7) is 3.07. The van der Waals surface area contributed by atoms with Crippen LogP contribution >= 0.6 is 12.4 Å². The largest absolute Gasteiger partial charge is 0.330 e. The minimum atomic E-state index is 0. The van der Waals surface area contributed by atoms with Gasteiger partial charge in [0.15, 0.2) is 0 Å². The second-order valence-electron chi connectivity index (χ2n) is 1.85. The van der Waals surface area contributed by atoms with Gasteiger partial charge in [0.2, 0.25) is 0 Å². The van der Waals surface area contributed by atoms with E-state index in [1.54, 1.807) is 0 Å². The van der Waals surface area contributed by atoms with Crippen molar-refractivity contribution >= 4 is 12.4 Å². The van der Waals surface area contributed by atoms with Gasteiger partial charge in [0.05, 0.1) is 0 Å². The molecule has 0 bridgehead atoms. The lowest BCUT2D eigenvalue weighted by atomic mass is 10.2. The van der Waals surface area contributed by atoms with Crippen molar-refractivity contribution in [1.82, 2.24) is 0 Å². The molecule has 2 N–H and O–H groups in total. The molecule has 52 valence electrons. The zero-order valence-corrected chi connectivity index (χ0v) is 6.34. The van der Waals surface area contributed by atoms with Crippen LogP contribution in [0.3, 0.4) is 0 Å². The lowest BCUT2D eigenvalue weighted by molar-refractivity contribution is 0.674. The average molecular weight is 138 g/mol. The molecule has 0 atom stereocenters. The Morgan fingerprint density at radius 2 is 1.75 bits per heavy atom. The van der Waals surface area contributed by atoms with E-state index in [9.17, 15) is 0 Å². The van der Waals surface area contributed by atoms with Crippen molar-refractivity contribution in [1.29, 1.82) is 0 Å². The van der Waals surface area contributed by atoms with Crippen LogP contribution in [0.5, 0.6) is 0 Å². The van der Waals surface area contributed by atoms with Crippen LogP contribution in [-0.2, 0) is 0 Å². The van der Waals surface area contributed by atoms with Gasteiger partial charge < -0.3 is 5.73 Å². The first kappa shape index (κ1) is 11.1. The van der Waals surface area contributed by atoms with Crippen LogP contribution in [0.2, 0.25) is 0 Å². The predicted octanol–water partition coefficient (Wildman–Crippen LogP) is 1.95. The molecule has 0 aliphatic carbocycles. The summed E-state index contributed by atoms with van der Waals surface area (Å²) in [5, 5.41) is 0. The molecule has 2 heteroatoms. The van der Waals surface area contributed by atoms with Crippen LogP contribution in [-0.4, -0.2) is 6.54 Å². The Morgan fingerprint density at radius 1 is 1.12 bits per heavy atom. The summed E-state index contributed by atoms with van der Waals surface area (Å²) in [6, 6.07) is 0. The lowest BCUT2D eigenvalue weighted by Crippen LogP contribution is -1.97. The van der Waals surface area contributed by atoms with Crippen molar-refractivity contribution in [2.75, 3.05) is 6.54 Å². The van der Waals surface area contributed by atoms with Gasteiger partial charge in [-0.15, -0.1) is 12.4 Å². The zero-order chi connectivity index (χ0) is 5.54. The van der Waals surface area contributed by atoms with Gasteiger partial charge in [-0.05, 0) is 13.0 Å². The number of hydrogen-bond donors (Lipinski definition) is 1. The Bertz CT molecular complexity index is 27.7. The molecule has 0 aromatic carbocycles. The van der Waals surface area contributed by atoms with Gasteiger partial charge in [0.25, 0.3) is 0 Å². The SMILES string of the molecule is CCCCCCN.Cl. The van der Waals surface area contributed by atoms with Crippen LogP contribution in [0.4, 0.5) is 0 Å². The van der Waals surface area contributed by atoms with E-state index >= 15 is 0 Å². The molecule has 0 unspecified atom stereocenters. The van der Waals surface area contributed by atoms with E-state index in [-0.39, 0.29) is 12.4 Å². The third-order valence-electron chi connectivity index (χ3n) is 1.06. The molecule has 0 heterocycles. The minimum absolute atomic E-state index is 0. The van der Waals surface area contributed by atoms with Crippen LogP contribution in [0.1, 0.15) is 32.6 Å². The monoisotopic (exact) mass is 137 g/mol. The van der Waals surface area contributed by atoms with Crippen molar-refractivity contribution < 1.29 is 0 Å². The first-order valence-electron chi connectivity index (χ1n) is 3.12. The molecule has 0 aromatic heterocycles. The van der Waals surface area contributed by atoms with Crippen molar-refractivity contribution in [2.45, 2.75) is 32.6 Å².